The number of hydrogen-bond donors (Lipinski definition) is 0. The van der Waals surface area contributed by atoms with E-state index in [1.165, 1.54) is 6.07 Å². The van der Waals surface area contributed by atoms with Gasteiger partial charge < -0.3 is 24.1 Å². The van der Waals surface area contributed by atoms with E-state index >= 15 is 0 Å². The zero-order valence-electron chi connectivity index (χ0n) is 8.01. The largest absolute Gasteiger partial charge is 2.00 e. The molecule has 0 saturated carbocycles. The summed E-state index contributed by atoms with van der Waals surface area (Å²) in [6.07, 6.45) is 1.67. The van der Waals surface area contributed by atoms with Gasteiger partial charge in [0.05, 0.1) is 6.61 Å². The van der Waals surface area contributed by atoms with Crippen LogP contribution in [0.1, 0.15) is 12.8 Å². The minimum absolute atomic E-state index is 0. The Morgan fingerprint density at radius 1 is 1.29 bits per heavy atom. The molecule has 1 aromatic carbocycles. The summed E-state index contributed by atoms with van der Waals surface area (Å²) in [6, 6.07) is 6.41. The Morgan fingerprint density at radius 2 is 1.93 bits per heavy atom. The van der Waals surface area contributed by atoms with E-state index in [4.69, 9.17) is 4.74 Å². The molecule has 0 heterocycles. The Hall–Kier alpha value is 0.00623. The van der Waals surface area contributed by atoms with Gasteiger partial charge in [-0.05, 0) is 18.6 Å². The third kappa shape index (κ3) is 5.68. The van der Waals surface area contributed by atoms with Gasteiger partial charge in [-0.3, -0.25) is 0 Å². The smallest absolute Gasteiger partial charge is 1.00 e. The van der Waals surface area contributed by atoms with Crippen molar-refractivity contribution in [2.75, 3.05) is 6.61 Å². The van der Waals surface area contributed by atoms with Gasteiger partial charge in [-0.15, -0.1) is 0 Å². The van der Waals surface area contributed by atoms with Crippen molar-refractivity contribution in [3.05, 3.63) is 37.0 Å². The molecule has 0 amide bonds. The Bertz CT molecular complexity index is 245. The maximum absolute atomic E-state index is 12.9. The molecule has 0 aliphatic rings. The number of unbranched alkanes of at least 4 members (excludes halogenated alkanes) is 1. The summed E-state index contributed by atoms with van der Waals surface area (Å²) >= 11 is 0. The summed E-state index contributed by atoms with van der Waals surface area (Å²) in [5, 5.41) is 0. The predicted molar refractivity (Wildman–Crippen MR) is 52.2 cm³/mol. The molecule has 0 unspecified atom stereocenters. The number of hydrogen-bond acceptors (Lipinski definition) is 1. The van der Waals surface area contributed by atoms with Crippen LogP contribution < -0.4 is 17.1 Å². The monoisotopic (exact) mass is 226 g/mol. The Kier molecular flexibility index (Phi) is 11.2. The minimum atomic E-state index is -0.304. The van der Waals surface area contributed by atoms with Gasteiger partial charge in [-0.25, -0.2) is 4.39 Å². The van der Waals surface area contributed by atoms with Gasteiger partial charge in [0.25, 0.3) is 0 Å². The van der Waals surface area contributed by atoms with E-state index < -0.39 is 0 Å². The van der Waals surface area contributed by atoms with Crippen LogP contribution in [0, 0.1) is 12.7 Å². The van der Waals surface area contributed by atoms with E-state index in [1.807, 2.05) is 0 Å². The van der Waals surface area contributed by atoms with Crippen molar-refractivity contribution < 1.29 is 21.5 Å². The summed E-state index contributed by atoms with van der Waals surface area (Å²) in [5.74, 6) is 0.0208. The molecule has 14 heavy (non-hydrogen) atoms. The van der Waals surface area contributed by atoms with E-state index in [9.17, 15) is 4.39 Å². The maximum atomic E-state index is 12.9. The molecular formula is C10H12ClFMgO. The van der Waals surface area contributed by atoms with E-state index in [0.29, 0.717) is 12.4 Å². The van der Waals surface area contributed by atoms with Crippen LogP contribution in [0.25, 0.3) is 0 Å². The number of rotatable bonds is 4. The molecule has 0 aliphatic heterocycles. The zero-order valence-corrected chi connectivity index (χ0v) is 10.2. The van der Waals surface area contributed by atoms with E-state index in [2.05, 4.69) is 6.92 Å². The second-order valence-corrected chi connectivity index (χ2v) is 2.49. The molecule has 0 aliphatic carbocycles. The molecule has 0 saturated heterocycles. The molecule has 0 spiro atoms. The first-order valence-corrected chi connectivity index (χ1v) is 4.01. The molecule has 74 valence electrons. The SMILES string of the molecule is [CH2-]CCCOc1ccccc1F.[Cl-].[Mg+2]. The fourth-order valence-electron chi connectivity index (χ4n) is 0.846. The van der Waals surface area contributed by atoms with Crippen molar-refractivity contribution in [3.8, 4) is 5.75 Å². The summed E-state index contributed by atoms with van der Waals surface area (Å²) < 4.78 is 18.0. The average molecular weight is 227 g/mol. The Labute approximate surface area is 107 Å². The third-order valence-electron chi connectivity index (χ3n) is 1.49. The molecule has 1 aromatic rings. The average Bonchev–Trinajstić information content (AvgIpc) is 2.09. The molecule has 0 radical (unpaired) electrons. The summed E-state index contributed by atoms with van der Waals surface area (Å²) in [5.41, 5.74) is 0. The molecule has 0 fully saturated rings. The first-order chi connectivity index (χ1) is 5.84. The van der Waals surface area contributed by atoms with Crippen LogP contribution >= 0.6 is 0 Å². The van der Waals surface area contributed by atoms with E-state index in [0.717, 1.165) is 12.8 Å². The van der Waals surface area contributed by atoms with Gasteiger partial charge in [0.1, 0.15) is 0 Å². The van der Waals surface area contributed by atoms with E-state index in [1.54, 1.807) is 18.2 Å². The standard InChI is InChI=1S/C10H12FO.ClH.Mg/c1-2-3-8-12-10-7-5-4-6-9(10)11;;/h4-7H,1-3,8H2;1H;/q-1;;+2/p-1. The van der Waals surface area contributed by atoms with Gasteiger partial charge in [0.2, 0.25) is 0 Å². The zero-order chi connectivity index (χ0) is 8.81. The fraction of sp³-hybridized carbons (Fsp3) is 0.300. The van der Waals surface area contributed by atoms with Crippen LogP contribution in [-0.4, -0.2) is 29.7 Å². The van der Waals surface area contributed by atoms with Crippen molar-refractivity contribution in [2.24, 2.45) is 0 Å². The first-order valence-electron chi connectivity index (χ1n) is 4.01. The molecule has 0 N–H and O–H groups in total. The molecule has 1 nitrogen and oxygen atoms in total. The second kappa shape index (κ2) is 9.56. The number of halogens is 2. The first kappa shape index (κ1) is 16.4. The van der Waals surface area contributed by atoms with Crippen LogP contribution in [0.4, 0.5) is 4.39 Å². The molecule has 0 bridgehead atoms. The summed E-state index contributed by atoms with van der Waals surface area (Å²) in [6.45, 7) is 4.20. The number of ether oxygens (including phenoxy) is 1. The molecular weight excluding hydrogens is 215 g/mol. The van der Waals surface area contributed by atoms with Crippen LogP contribution in [-0.2, 0) is 0 Å². The van der Waals surface area contributed by atoms with Crippen LogP contribution in [0.2, 0.25) is 0 Å². The van der Waals surface area contributed by atoms with Crippen LogP contribution in [0.5, 0.6) is 5.75 Å². The van der Waals surface area contributed by atoms with Crippen molar-refractivity contribution in [1.82, 2.24) is 0 Å². The molecule has 1 rings (SSSR count). The van der Waals surface area contributed by atoms with Gasteiger partial charge in [0.15, 0.2) is 11.6 Å². The quantitative estimate of drug-likeness (QED) is 0.380. The summed E-state index contributed by atoms with van der Waals surface area (Å²) in [7, 11) is 0. The predicted octanol–water partition coefficient (Wildman–Crippen LogP) is -0.558. The van der Waals surface area contributed by atoms with Gasteiger partial charge in [0, 0.05) is 0 Å². The maximum Gasteiger partial charge on any atom is 2.00 e. The van der Waals surface area contributed by atoms with Crippen molar-refractivity contribution >= 4 is 23.1 Å². The summed E-state index contributed by atoms with van der Waals surface area (Å²) in [4.78, 5) is 0. The third-order valence-corrected chi connectivity index (χ3v) is 1.49. The van der Waals surface area contributed by atoms with Crippen molar-refractivity contribution in [1.29, 1.82) is 0 Å². The Balaban J connectivity index is 0. The second-order valence-electron chi connectivity index (χ2n) is 2.49. The molecule has 4 heteroatoms. The Morgan fingerprint density at radius 3 is 2.50 bits per heavy atom. The topological polar surface area (TPSA) is 9.23 Å². The fourth-order valence-corrected chi connectivity index (χ4v) is 0.846. The van der Waals surface area contributed by atoms with Gasteiger partial charge in [-0.1, -0.05) is 12.1 Å². The number of para-hydroxylation sites is 1. The van der Waals surface area contributed by atoms with Gasteiger partial charge >= 0.3 is 23.1 Å². The normalized spacial score (nSPS) is 8.43. The number of benzene rings is 1. The van der Waals surface area contributed by atoms with Gasteiger partial charge in [-0.2, -0.15) is 6.42 Å². The van der Waals surface area contributed by atoms with Crippen LogP contribution in [0.3, 0.4) is 0 Å². The van der Waals surface area contributed by atoms with Crippen molar-refractivity contribution in [3.63, 3.8) is 0 Å². The molecule has 0 aromatic heterocycles. The molecule has 0 atom stereocenters. The van der Waals surface area contributed by atoms with Crippen LogP contribution in [0.15, 0.2) is 24.3 Å². The van der Waals surface area contributed by atoms with E-state index in [-0.39, 0.29) is 41.3 Å². The minimum Gasteiger partial charge on any atom is -1.00 e. The van der Waals surface area contributed by atoms with Crippen molar-refractivity contribution in [2.45, 2.75) is 12.8 Å².